The van der Waals surface area contributed by atoms with Gasteiger partial charge in [-0.15, -0.1) is 0 Å². The summed E-state index contributed by atoms with van der Waals surface area (Å²) in [6, 6.07) is 24.4. The molecule has 0 aliphatic carbocycles. The van der Waals surface area contributed by atoms with Gasteiger partial charge < -0.3 is 15.4 Å². The molecule has 3 aromatic rings. The van der Waals surface area contributed by atoms with E-state index >= 15 is 0 Å². The first-order chi connectivity index (χ1) is 15.9. The molecule has 0 aliphatic heterocycles. The van der Waals surface area contributed by atoms with Gasteiger partial charge in [-0.1, -0.05) is 74.5 Å². The Bertz CT molecular complexity index is 1080. The summed E-state index contributed by atoms with van der Waals surface area (Å²) in [7, 11) is 0. The third-order valence-electron chi connectivity index (χ3n) is 5.81. The molecule has 2 amide bonds. The fraction of sp³-hybridized carbons (Fsp3) is 0.286. The van der Waals surface area contributed by atoms with Crippen molar-refractivity contribution in [3.8, 4) is 5.75 Å². The number of hydrogen-bond acceptors (Lipinski definition) is 3. The third kappa shape index (κ3) is 6.22. The topological polar surface area (TPSA) is 67.4 Å². The molecule has 0 bridgehead atoms. The summed E-state index contributed by atoms with van der Waals surface area (Å²) in [6.45, 7) is 7.90. The smallest absolute Gasteiger partial charge is 0.265 e. The lowest BCUT2D eigenvalue weighted by Gasteiger charge is -2.20. The largest absolute Gasteiger partial charge is 0.481 e. The second-order valence-corrected chi connectivity index (χ2v) is 8.25. The Morgan fingerprint density at radius 1 is 0.848 bits per heavy atom. The van der Waals surface area contributed by atoms with E-state index in [1.807, 2.05) is 61.5 Å². The van der Waals surface area contributed by atoms with Crippen LogP contribution in [-0.2, 0) is 4.79 Å². The number of ether oxygens (including phenoxy) is 1. The van der Waals surface area contributed by atoms with Gasteiger partial charge in [0.05, 0.1) is 17.3 Å². The Kier molecular flexibility index (Phi) is 8.25. The molecule has 0 heterocycles. The molecule has 5 heteroatoms. The van der Waals surface area contributed by atoms with Gasteiger partial charge in [-0.05, 0) is 55.5 Å². The molecule has 3 atom stereocenters. The highest BCUT2D eigenvalue weighted by atomic mass is 16.5. The molecule has 5 nitrogen and oxygen atoms in total. The number of hydrogen-bond donors (Lipinski definition) is 2. The summed E-state index contributed by atoms with van der Waals surface area (Å²) in [5.41, 5.74) is 2.94. The Morgan fingerprint density at radius 3 is 2.21 bits per heavy atom. The normalized spacial score (nSPS) is 13.5. The molecule has 0 radical (unpaired) electrons. The van der Waals surface area contributed by atoms with E-state index in [1.165, 1.54) is 0 Å². The van der Waals surface area contributed by atoms with E-state index in [-0.39, 0.29) is 17.9 Å². The van der Waals surface area contributed by atoms with E-state index in [0.717, 1.165) is 17.5 Å². The van der Waals surface area contributed by atoms with Crippen LogP contribution < -0.4 is 15.4 Å². The summed E-state index contributed by atoms with van der Waals surface area (Å²) >= 11 is 0. The number of amides is 2. The number of benzene rings is 3. The van der Waals surface area contributed by atoms with E-state index in [2.05, 4.69) is 24.5 Å². The van der Waals surface area contributed by atoms with Gasteiger partial charge in [0.1, 0.15) is 5.75 Å². The lowest BCUT2D eigenvalue weighted by molar-refractivity contribution is -0.122. The van der Waals surface area contributed by atoms with Gasteiger partial charge in [0.2, 0.25) is 0 Å². The highest BCUT2D eigenvalue weighted by molar-refractivity contribution is 6.04. The van der Waals surface area contributed by atoms with Gasteiger partial charge in [0.15, 0.2) is 6.10 Å². The number of para-hydroxylation sites is 2. The fourth-order valence-electron chi connectivity index (χ4n) is 3.58. The van der Waals surface area contributed by atoms with Crippen LogP contribution >= 0.6 is 0 Å². The maximum Gasteiger partial charge on any atom is 0.265 e. The monoisotopic (exact) mass is 444 g/mol. The minimum absolute atomic E-state index is 0.165. The van der Waals surface area contributed by atoms with Crippen LogP contribution in [0.3, 0.4) is 0 Å². The van der Waals surface area contributed by atoms with Gasteiger partial charge in [-0.3, -0.25) is 9.59 Å². The minimum Gasteiger partial charge on any atom is -0.481 e. The first-order valence-corrected chi connectivity index (χ1v) is 11.4. The predicted octanol–water partition coefficient (Wildman–Crippen LogP) is 6.10. The van der Waals surface area contributed by atoms with E-state index in [0.29, 0.717) is 22.9 Å². The maximum absolute atomic E-state index is 13.0. The first kappa shape index (κ1) is 24.1. The van der Waals surface area contributed by atoms with Crippen molar-refractivity contribution < 1.29 is 14.3 Å². The Morgan fingerprint density at radius 2 is 1.48 bits per heavy atom. The van der Waals surface area contributed by atoms with E-state index < -0.39 is 6.10 Å². The molecular weight excluding hydrogens is 412 g/mol. The summed E-state index contributed by atoms with van der Waals surface area (Å²) in [5, 5.41) is 5.86. The fourth-order valence-corrected chi connectivity index (χ4v) is 3.58. The lowest BCUT2D eigenvalue weighted by Crippen LogP contribution is -2.32. The average Bonchev–Trinajstić information content (AvgIpc) is 2.84. The quantitative estimate of drug-likeness (QED) is 0.419. The molecule has 0 saturated carbocycles. The minimum atomic E-state index is -0.727. The van der Waals surface area contributed by atoms with Crippen molar-refractivity contribution in [3.63, 3.8) is 0 Å². The SMILES string of the molecule is CCC(C)c1ccccc1OC(C)C(=O)Nc1ccccc1C(=O)NC(C)c1ccccc1. The molecular formula is C28H32N2O3. The zero-order chi connectivity index (χ0) is 23.8. The molecule has 0 fully saturated rings. The van der Waals surface area contributed by atoms with Crippen LogP contribution in [0.15, 0.2) is 78.9 Å². The Balaban J connectivity index is 1.70. The Hall–Kier alpha value is -3.60. The van der Waals surface area contributed by atoms with Crippen LogP contribution in [0, 0.1) is 0 Å². The predicted molar refractivity (Wildman–Crippen MR) is 133 cm³/mol. The van der Waals surface area contributed by atoms with Crippen LogP contribution in [0.1, 0.15) is 67.6 Å². The number of carbonyl (C=O) groups excluding carboxylic acids is 2. The van der Waals surface area contributed by atoms with Crippen LogP contribution in [-0.4, -0.2) is 17.9 Å². The summed E-state index contributed by atoms with van der Waals surface area (Å²) < 4.78 is 6.01. The van der Waals surface area contributed by atoms with Gasteiger partial charge in [0.25, 0.3) is 11.8 Å². The third-order valence-corrected chi connectivity index (χ3v) is 5.81. The highest BCUT2D eigenvalue weighted by Gasteiger charge is 2.21. The van der Waals surface area contributed by atoms with E-state index in [4.69, 9.17) is 4.74 Å². The molecule has 2 N–H and O–H groups in total. The number of nitrogens with one attached hydrogen (secondary N) is 2. The second kappa shape index (κ2) is 11.3. The number of rotatable bonds is 9. The van der Waals surface area contributed by atoms with Crippen molar-refractivity contribution in [2.45, 2.75) is 52.2 Å². The summed E-state index contributed by atoms with van der Waals surface area (Å²) in [6.07, 6.45) is 0.250. The van der Waals surface area contributed by atoms with Crippen molar-refractivity contribution in [1.82, 2.24) is 5.32 Å². The molecule has 3 rings (SSSR count). The van der Waals surface area contributed by atoms with Gasteiger partial charge >= 0.3 is 0 Å². The van der Waals surface area contributed by atoms with Gasteiger partial charge in [0, 0.05) is 0 Å². The van der Waals surface area contributed by atoms with Gasteiger partial charge in [-0.2, -0.15) is 0 Å². The molecule has 0 spiro atoms. The maximum atomic E-state index is 13.0. The van der Waals surface area contributed by atoms with Crippen molar-refractivity contribution in [1.29, 1.82) is 0 Å². The van der Waals surface area contributed by atoms with E-state index in [1.54, 1.807) is 31.2 Å². The van der Waals surface area contributed by atoms with Crippen LogP contribution in [0.25, 0.3) is 0 Å². The van der Waals surface area contributed by atoms with Crippen molar-refractivity contribution in [2.24, 2.45) is 0 Å². The van der Waals surface area contributed by atoms with Crippen molar-refractivity contribution in [3.05, 3.63) is 95.6 Å². The molecule has 0 aromatic heterocycles. The van der Waals surface area contributed by atoms with Crippen LogP contribution in [0.4, 0.5) is 5.69 Å². The molecule has 0 saturated heterocycles. The number of carbonyl (C=O) groups is 2. The average molecular weight is 445 g/mol. The molecule has 33 heavy (non-hydrogen) atoms. The lowest BCUT2D eigenvalue weighted by atomic mass is 9.98. The zero-order valence-electron chi connectivity index (χ0n) is 19.7. The molecule has 3 aromatic carbocycles. The van der Waals surface area contributed by atoms with Crippen LogP contribution in [0.2, 0.25) is 0 Å². The molecule has 3 unspecified atom stereocenters. The zero-order valence-corrected chi connectivity index (χ0v) is 19.7. The summed E-state index contributed by atoms with van der Waals surface area (Å²) in [5.74, 6) is 0.466. The number of anilines is 1. The first-order valence-electron chi connectivity index (χ1n) is 11.4. The van der Waals surface area contributed by atoms with E-state index in [9.17, 15) is 9.59 Å². The summed E-state index contributed by atoms with van der Waals surface area (Å²) in [4.78, 5) is 25.9. The van der Waals surface area contributed by atoms with Crippen LogP contribution in [0.5, 0.6) is 5.75 Å². The Labute approximate surface area is 196 Å². The van der Waals surface area contributed by atoms with Crippen molar-refractivity contribution in [2.75, 3.05) is 5.32 Å². The molecule has 0 aliphatic rings. The van der Waals surface area contributed by atoms with Crippen molar-refractivity contribution >= 4 is 17.5 Å². The standard InChI is InChI=1S/C28H32N2O3/c1-5-19(2)23-15-10-12-18-26(23)33-21(4)27(31)30-25-17-11-9-16-24(25)28(32)29-20(3)22-13-7-6-8-14-22/h6-21H,5H2,1-4H3,(H,29,32)(H,30,31). The second-order valence-electron chi connectivity index (χ2n) is 8.25. The van der Waals surface area contributed by atoms with Gasteiger partial charge in [-0.25, -0.2) is 0 Å². The highest BCUT2D eigenvalue weighted by Crippen LogP contribution is 2.29. The molecule has 172 valence electrons.